The van der Waals surface area contributed by atoms with Crippen LogP contribution in [0.25, 0.3) is 0 Å². The van der Waals surface area contributed by atoms with E-state index in [2.05, 4.69) is 34.6 Å². The van der Waals surface area contributed by atoms with Crippen molar-refractivity contribution >= 4 is 17.9 Å². The Kier molecular flexibility index (Phi) is 30.3. The second kappa shape index (κ2) is 31.4. The van der Waals surface area contributed by atoms with Gasteiger partial charge in [-0.3, -0.25) is 14.4 Å². The molecule has 0 spiro atoms. The van der Waals surface area contributed by atoms with Crippen LogP contribution in [0.2, 0.25) is 0 Å². The monoisotopic (exact) mass is 625 g/mol. The van der Waals surface area contributed by atoms with E-state index in [4.69, 9.17) is 14.2 Å². The first-order valence-electron chi connectivity index (χ1n) is 18.7. The Morgan fingerprint density at radius 1 is 0.432 bits per heavy atom. The third-order valence-electron chi connectivity index (χ3n) is 8.22. The highest BCUT2D eigenvalue weighted by molar-refractivity contribution is 5.71. The van der Waals surface area contributed by atoms with Crippen molar-refractivity contribution in [3.63, 3.8) is 0 Å². The normalized spacial score (nSPS) is 12.1. The Hall–Kier alpha value is -1.59. The lowest BCUT2D eigenvalue weighted by molar-refractivity contribution is -0.167. The molecule has 0 aromatic carbocycles. The zero-order valence-electron chi connectivity index (χ0n) is 29.8. The first-order valence-corrected chi connectivity index (χ1v) is 18.7. The predicted molar refractivity (Wildman–Crippen MR) is 183 cm³/mol. The van der Waals surface area contributed by atoms with E-state index >= 15 is 0 Å². The van der Waals surface area contributed by atoms with Gasteiger partial charge in [-0.25, -0.2) is 0 Å². The number of unbranched alkanes of at least 4 members (excludes halogenated alkanes) is 17. The number of carbonyl (C=O) groups excluding carboxylic acids is 3. The fourth-order valence-electron chi connectivity index (χ4n) is 5.34. The smallest absolute Gasteiger partial charge is 0.306 e. The minimum atomic E-state index is -0.757. The summed E-state index contributed by atoms with van der Waals surface area (Å²) in [6, 6.07) is 0. The van der Waals surface area contributed by atoms with Gasteiger partial charge in [0.1, 0.15) is 13.2 Å². The summed E-state index contributed by atoms with van der Waals surface area (Å²) in [6.07, 6.45) is 25.6. The molecular weight excluding hydrogens is 552 g/mol. The molecule has 0 aliphatic carbocycles. The summed E-state index contributed by atoms with van der Waals surface area (Å²) in [5, 5.41) is 0. The topological polar surface area (TPSA) is 78.9 Å². The lowest BCUT2D eigenvalue weighted by Crippen LogP contribution is -2.30. The van der Waals surface area contributed by atoms with Crippen LogP contribution in [0.5, 0.6) is 0 Å². The van der Waals surface area contributed by atoms with E-state index in [1.165, 1.54) is 77.0 Å². The lowest BCUT2D eigenvalue weighted by atomic mass is 10.0. The molecule has 260 valence electrons. The van der Waals surface area contributed by atoms with Crippen LogP contribution in [0.3, 0.4) is 0 Å². The van der Waals surface area contributed by atoms with E-state index in [0.717, 1.165) is 76.0 Å². The molecule has 0 rings (SSSR count). The number of hydrogen-bond acceptors (Lipinski definition) is 6. The summed E-state index contributed by atoms with van der Waals surface area (Å²) in [7, 11) is 0. The van der Waals surface area contributed by atoms with E-state index in [-0.39, 0.29) is 31.1 Å². The Labute approximate surface area is 272 Å². The van der Waals surface area contributed by atoms with E-state index in [0.29, 0.717) is 19.3 Å². The molecule has 0 unspecified atom stereocenters. The molecular formula is C38H72O6. The van der Waals surface area contributed by atoms with E-state index < -0.39 is 6.10 Å². The summed E-state index contributed by atoms with van der Waals surface area (Å²) in [5.41, 5.74) is 0. The number of carbonyl (C=O) groups is 3. The SMILES string of the molecule is CCCCCCCC(=O)OC[C@@H](COC(=O)CCCCCCCCC(C)C)OC(=O)CCCCCCCCCCCC(C)C. The molecule has 0 aliphatic heterocycles. The van der Waals surface area contributed by atoms with E-state index in [1.54, 1.807) is 0 Å². The van der Waals surface area contributed by atoms with Gasteiger partial charge < -0.3 is 14.2 Å². The molecule has 1 atom stereocenters. The molecule has 0 saturated heterocycles. The summed E-state index contributed by atoms with van der Waals surface area (Å²) in [4.78, 5) is 37.1. The van der Waals surface area contributed by atoms with Gasteiger partial charge in [-0.15, -0.1) is 0 Å². The summed E-state index contributed by atoms with van der Waals surface area (Å²) in [5.74, 6) is 0.682. The van der Waals surface area contributed by atoms with Gasteiger partial charge in [0.25, 0.3) is 0 Å². The quantitative estimate of drug-likeness (QED) is 0.0421. The van der Waals surface area contributed by atoms with Crippen molar-refractivity contribution in [1.29, 1.82) is 0 Å². The third kappa shape index (κ3) is 31.8. The van der Waals surface area contributed by atoms with Crippen LogP contribution in [0.15, 0.2) is 0 Å². The van der Waals surface area contributed by atoms with E-state index in [1.807, 2.05) is 0 Å². The van der Waals surface area contributed by atoms with Gasteiger partial charge in [-0.05, 0) is 31.1 Å². The standard InChI is InChI=1S/C38H72O6/c1-6-7-8-16-23-28-36(39)42-31-35(32-43-37(40)29-24-19-15-14-18-22-27-34(4)5)44-38(41)30-25-20-13-11-9-10-12-17-21-26-33(2)3/h33-35H,6-32H2,1-5H3/t35-/m0/s1. The van der Waals surface area contributed by atoms with Crippen LogP contribution in [-0.2, 0) is 28.6 Å². The summed E-state index contributed by atoms with van der Waals surface area (Å²) < 4.78 is 16.5. The van der Waals surface area contributed by atoms with Gasteiger partial charge in [-0.1, -0.05) is 157 Å². The Balaban J connectivity index is 4.30. The number of ether oxygens (including phenoxy) is 3. The van der Waals surface area contributed by atoms with Crippen molar-refractivity contribution < 1.29 is 28.6 Å². The predicted octanol–water partition coefficient (Wildman–Crippen LogP) is 11.1. The first kappa shape index (κ1) is 42.4. The molecule has 0 aromatic rings. The van der Waals surface area contributed by atoms with Crippen molar-refractivity contribution in [1.82, 2.24) is 0 Å². The van der Waals surface area contributed by atoms with E-state index in [9.17, 15) is 14.4 Å². The minimum absolute atomic E-state index is 0.0687. The molecule has 0 N–H and O–H groups in total. The van der Waals surface area contributed by atoms with Crippen molar-refractivity contribution in [2.75, 3.05) is 13.2 Å². The number of hydrogen-bond donors (Lipinski definition) is 0. The van der Waals surface area contributed by atoms with Crippen LogP contribution < -0.4 is 0 Å². The van der Waals surface area contributed by atoms with Gasteiger partial charge in [0.15, 0.2) is 6.10 Å². The highest BCUT2D eigenvalue weighted by Gasteiger charge is 2.19. The van der Waals surface area contributed by atoms with Gasteiger partial charge in [-0.2, -0.15) is 0 Å². The second-order valence-electron chi connectivity index (χ2n) is 13.8. The first-order chi connectivity index (χ1) is 21.2. The molecule has 0 aliphatic rings. The van der Waals surface area contributed by atoms with Crippen molar-refractivity contribution in [3.05, 3.63) is 0 Å². The molecule has 0 fully saturated rings. The molecule has 0 heterocycles. The zero-order valence-corrected chi connectivity index (χ0v) is 29.8. The summed E-state index contributed by atoms with van der Waals surface area (Å²) >= 11 is 0. The highest BCUT2D eigenvalue weighted by Crippen LogP contribution is 2.15. The Bertz CT molecular complexity index is 674. The molecule has 44 heavy (non-hydrogen) atoms. The summed E-state index contributed by atoms with van der Waals surface area (Å²) in [6.45, 7) is 11.1. The van der Waals surface area contributed by atoms with Crippen LogP contribution in [0.4, 0.5) is 0 Å². The molecule has 6 heteroatoms. The largest absolute Gasteiger partial charge is 0.462 e. The van der Waals surface area contributed by atoms with Crippen LogP contribution in [0, 0.1) is 11.8 Å². The lowest BCUT2D eigenvalue weighted by Gasteiger charge is -2.18. The van der Waals surface area contributed by atoms with Crippen LogP contribution in [-0.4, -0.2) is 37.2 Å². The van der Waals surface area contributed by atoms with Gasteiger partial charge in [0, 0.05) is 19.3 Å². The average molecular weight is 625 g/mol. The average Bonchev–Trinajstić information content (AvgIpc) is 2.98. The van der Waals surface area contributed by atoms with Crippen molar-refractivity contribution in [2.45, 2.75) is 201 Å². The fraction of sp³-hybridized carbons (Fsp3) is 0.921. The Morgan fingerprint density at radius 3 is 1.11 bits per heavy atom. The fourth-order valence-corrected chi connectivity index (χ4v) is 5.34. The number of esters is 3. The van der Waals surface area contributed by atoms with Crippen LogP contribution in [0.1, 0.15) is 195 Å². The second-order valence-corrected chi connectivity index (χ2v) is 13.8. The van der Waals surface area contributed by atoms with Gasteiger partial charge >= 0.3 is 17.9 Å². The molecule has 0 radical (unpaired) electrons. The molecule has 6 nitrogen and oxygen atoms in total. The molecule has 0 saturated carbocycles. The van der Waals surface area contributed by atoms with Crippen LogP contribution >= 0.6 is 0 Å². The minimum Gasteiger partial charge on any atom is -0.462 e. The molecule has 0 amide bonds. The van der Waals surface area contributed by atoms with Crippen molar-refractivity contribution in [2.24, 2.45) is 11.8 Å². The maximum Gasteiger partial charge on any atom is 0.306 e. The highest BCUT2D eigenvalue weighted by atomic mass is 16.6. The van der Waals surface area contributed by atoms with Crippen molar-refractivity contribution in [3.8, 4) is 0 Å². The number of rotatable bonds is 32. The van der Waals surface area contributed by atoms with Gasteiger partial charge in [0.05, 0.1) is 0 Å². The van der Waals surface area contributed by atoms with Gasteiger partial charge in [0.2, 0.25) is 0 Å². The zero-order chi connectivity index (χ0) is 32.7. The Morgan fingerprint density at radius 2 is 0.750 bits per heavy atom. The molecule has 0 bridgehead atoms. The third-order valence-corrected chi connectivity index (χ3v) is 8.22. The maximum atomic E-state index is 12.6. The molecule has 0 aromatic heterocycles. The maximum absolute atomic E-state index is 12.6.